The first kappa shape index (κ1) is 21.3. The first-order chi connectivity index (χ1) is 11.9. The number of allylic oxidation sites excluding steroid dienone is 3. The predicted octanol–water partition coefficient (Wildman–Crippen LogP) is 3.78. The summed E-state index contributed by atoms with van der Waals surface area (Å²) in [7, 11) is 3.33. The average Bonchev–Trinajstić information content (AvgIpc) is 2.56. The molecule has 0 radical (unpaired) electrons. The van der Waals surface area contributed by atoms with Crippen molar-refractivity contribution in [2.45, 2.75) is 27.2 Å². The van der Waals surface area contributed by atoms with Gasteiger partial charge in [-0.25, -0.2) is 0 Å². The molecule has 0 saturated carbocycles. The van der Waals surface area contributed by atoms with E-state index in [1.54, 1.807) is 26.4 Å². The molecule has 1 N–H and O–H groups in total. The maximum atomic E-state index is 12.2. The molecule has 25 heavy (non-hydrogen) atoms. The Kier molecular flexibility index (Phi) is 9.37. The summed E-state index contributed by atoms with van der Waals surface area (Å²) in [6.45, 7) is 7.30. The Bertz CT molecular complexity index is 680. The Morgan fingerprint density at radius 3 is 2.64 bits per heavy atom. The second-order valence-corrected chi connectivity index (χ2v) is 6.47. The molecule has 1 heterocycles. The van der Waals surface area contributed by atoms with Crippen LogP contribution in [0.4, 0.5) is 5.69 Å². The van der Waals surface area contributed by atoms with Crippen LogP contribution in [-0.2, 0) is 21.3 Å². The molecular formula is C18H27BrN2O4. The zero-order chi connectivity index (χ0) is 18.8. The molecule has 0 saturated heterocycles. The van der Waals surface area contributed by atoms with E-state index in [1.165, 1.54) is 4.57 Å². The smallest absolute Gasteiger partial charge is 0.274 e. The monoisotopic (exact) mass is 414 g/mol. The second-order valence-electron chi connectivity index (χ2n) is 5.55. The Morgan fingerprint density at radius 1 is 1.28 bits per heavy atom. The number of aromatic nitrogens is 1. The molecule has 0 aliphatic rings. The van der Waals surface area contributed by atoms with Gasteiger partial charge in [0.1, 0.15) is 18.1 Å². The van der Waals surface area contributed by atoms with Crippen molar-refractivity contribution in [1.29, 1.82) is 0 Å². The lowest BCUT2D eigenvalue weighted by Crippen LogP contribution is -2.20. The molecule has 1 aromatic heterocycles. The van der Waals surface area contributed by atoms with Crippen LogP contribution >= 0.6 is 15.9 Å². The molecule has 0 fully saturated rings. The van der Waals surface area contributed by atoms with Crippen LogP contribution in [0.3, 0.4) is 0 Å². The van der Waals surface area contributed by atoms with Crippen LogP contribution in [0.25, 0.3) is 0 Å². The maximum absolute atomic E-state index is 12.2. The number of pyridine rings is 1. The summed E-state index contributed by atoms with van der Waals surface area (Å²) in [5.74, 6) is 1.31. The van der Waals surface area contributed by atoms with Crippen molar-refractivity contribution in [2.75, 3.05) is 32.2 Å². The molecule has 7 heteroatoms. The molecule has 0 bridgehead atoms. The van der Waals surface area contributed by atoms with Crippen molar-refractivity contribution in [1.82, 2.24) is 4.57 Å². The number of hydrogen-bond acceptors (Lipinski definition) is 5. The summed E-state index contributed by atoms with van der Waals surface area (Å²) in [4.78, 5) is 12.2. The zero-order valence-corrected chi connectivity index (χ0v) is 17.1. The van der Waals surface area contributed by atoms with Gasteiger partial charge in [-0.1, -0.05) is 6.92 Å². The predicted molar refractivity (Wildman–Crippen MR) is 104 cm³/mol. The van der Waals surface area contributed by atoms with Crippen LogP contribution in [-0.4, -0.2) is 31.5 Å². The highest BCUT2D eigenvalue weighted by Gasteiger charge is 2.07. The number of halogens is 1. The third kappa shape index (κ3) is 7.36. The van der Waals surface area contributed by atoms with Crippen molar-refractivity contribution in [2.24, 2.45) is 7.05 Å². The number of hydrogen-bond donors (Lipinski definition) is 1. The van der Waals surface area contributed by atoms with Gasteiger partial charge in [0.2, 0.25) is 0 Å². The van der Waals surface area contributed by atoms with Gasteiger partial charge in [0.25, 0.3) is 5.56 Å². The molecular weight excluding hydrogens is 388 g/mol. The minimum absolute atomic E-state index is 0.110. The molecule has 1 aromatic rings. The van der Waals surface area contributed by atoms with Crippen LogP contribution in [0, 0.1) is 0 Å². The molecule has 6 nitrogen and oxygen atoms in total. The van der Waals surface area contributed by atoms with Crippen molar-refractivity contribution < 1.29 is 14.2 Å². The van der Waals surface area contributed by atoms with Gasteiger partial charge in [-0.2, -0.15) is 0 Å². The first-order valence-electron chi connectivity index (χ1n) is 8.16. The standard InChI is InChI=1S/C18H27BrN2O4/c1-6-7-24-14(3)17(25-9-8-23-5)10-13(2)20-16-11-15(19)12-21(4)18(16)22/h10-12,20H,6-9H2,1-5H3. The normalized spacial score (nSPS) is 12.6. The summed E-state index contributed by atoms with van der Waals surface area (Å²) in [6, 6.07) is 1.75. The highest BCUT2D eigenvalue weighted by molar-refractivity contribution is 9.10. The number of nitrogens with one attached hydrogen (secondary N) is 1. The van der Waals surface area contributed by atoms with Gasteiger partial charge in [0.05, 0.1) is 13.2 Å². The lowest BCUT2D eigenvalue weighted by atomic mass is 10.3. The van der Waals surface area contributed by atoms with Gasteiger partial charge in [-0.15, -0.1) is 0 Å². The quantitative estimate of drug-likeness (QED) is 0.358. The average molecular weight is 415 g/mol. The van der Waals surface area contributed by atoms with Gasteiger partial charge < -0.3 is 24.1 Å². The number of anilines is 1. The Labute approximate surface area is 157 Å². The minimum atomic E-state index is -0.110. The van der Waals surface area contributed by atoms with E-state index in [0.29, 0.717) is 37.0 Å². The number of methoxy groups -OCH3 is 1. The fourth-order valence-corrected chi connectivity index (χ4v) is 2.55. The van der Waals surface area contributed by atoms with Gasteiger partial charge in [0.15, 0.2) is 5.76 Å². The van der Waals surface area contributed by atoms with Gasteiger partial charge in [-0.3, -0.25) is 4.79 Å². The summed E-state index contributed by atoms with van der Waals surface area (Å²) < 4.78 is 18.8. The maximum Gasteiger partial charge on any atom is 0.274 e. The van der Waals surface area contributed by atoms with Crippen LogP contribution in [0.1, 0.15) is 27.2 Å². The third-order valence-corrected chi connectivity index (χ3v) is 3.68. The minimum Gasteiger partial charge on any atom is -0.494 e. The molecule has 0 aromatic carbocycles. The SMILES string of the molecule is CCCOC(C)=C(C=C(C)Nc1cc(Br)cn(C)c1=O)OCCOC. The third-order valence-electron chi connectivity index (χ3n) is 3.24. The lowest BCUT2D eigenvalue weighted by molar-refractivity contribution is 0.102. The van der Waals surface area contributed by atoms with Crippen LogP contribution in [0.5, 0.6) is 0 Å². The van der Waals surface area contributed by atoms with E-state index in [1.807, 2.05) is 26.8 Å². The van der Waals surface area contributed by atoms with Crippen molar-refractivity contribution in [3.05, 3.63) is 50.4 Å². The van der Waals surface area contributed by atoms with E-state index in [0.717, 1.165) is 16.6 Å². The second kappa shape index (κ2) is 11.0. The van der Waals surface area contributed by atoms with E-state index in [-0.39, 0.29) is 5.56 Å². The van der Waals surface area contributed by atoms with Crippen LogP contribution in [0.2, 0.25) is 0 Å². The van der Waals surface area contributed by atoms with E-state index < -0.39 is 0 Å². The van der Waals surface area contributed by atoms with E-state index in [9.17, 15) is 4.79 Å². The summed E-state index contributed by atoms with van der Waals surface area (Å²) >= 11 is 3.39. The fraction of sp³-hybridized carbons (Fsp3) is 0.500. The van der Waals surface area contributed by atoms with Crippen molar-refractivity contribution >= 4 is 21.6 Å². The molecule has 0 unspecified atom stereocenters. The number of ether oxygens (including phenoxy) is 3. The van der Waals surface area contributed by atoms with Crippen molar-refractivity contribution in [3.63, 3.8) is 0 Å². The summed E-state index contributed by atoms with van der Waals surface area (Å²) in [5, 5.41) is 3.12. The van der Waals surface area contributed by atoms with E-state index >= 15 is 0 Å². The first-order valence-corrected chi connectivity index (χ1v) is 8.95. The number of aryl methyl sites for hydroxylation is 1. The highest BCUT2D eigenvalue weighted by atomic mass is 79.9. The topological polar surface area (TPSA) is 61.7 Å². The zero-order valence-electron chi connectivity index (χ0n) is 15.5. The lowest BCUT2D eigenvalue weighted by Gasteiger charge is -2.14. The van der Waals surface area contributed by atoms with Gasteiger partial charge in [-0.05, 0) is 42.3 Å². The molecule has 0 atom stereocenters. The van der Waals surface area contributed by atoms with Gasteiger partial charge >= 0.3 is 0 Å². The van der Waals surface area contributed by atoms with Crippen molar-refractivity contribution in [3.8, 4) is 0 Å². The van der Waals surface area contributed by atoms with E-state index in [2.05, 4.69) is 21.2 Å². The van der Waals surface area contributed by atoms with Gasteiger partial charge in [0, 0.05) is 36.6 Å². The Balaban J connectivity index is 3.01. The van der Waals surface area contributed by atoms with E-state index in [4.69, 9.17) is 14.2 Å². The molecule has 140 valence electrons. The van der Waals surface area contributed by atoms with Crippen LogP contribution < -0.4 is 10.9 Å². The Morgan fingerprint density at radius 2 is 2.00 bits per heavy atom. The largest absolute Gasteiger partial charge is 0.494 e. The Hall–Kier alpha value is -1.73. The number of nitrogens with zero attached hydrogens (tertiary/aromatic N) is 1. The summed E-state index contributed by atoms with van der Waals surface area (Å²) in [5.41, 5.74) is 1.14. The number of rotatable bonds is 10. The molecule has 1 rings (SSSR count). The highest BCUT2D eigenvalue weighted by Crippen LogP contribution is 2.16. The molecule has 0 aliphatic heterocycles. The summed E-state index contributed by atoms with van der Waals surface area (Å²) in [6.07, 6.45) is 4.45. The van der Waals surface area contributed by atoms with Crippen LogP contribution in [0.15, 0.2) is 44.8 Å². The molecule has 0 spiro atoms. The fourth-order valence-electron chi connectivity index (χ4n) is 2.01. The molecule has 0 aliphatic carbocycles. The molecule has 0 amide bonds.